The van der Waals surface area contributed by atoms with Gasteiger partial charge in [-0.25, -0.2) is 4.79 Å². The highest BCUT2D eigenvalue weighted by molar-refractivity contribution is 5.92. The molecule has 0 bridgehead atoms. The van der Waals surface area contributed by atoms with Gasteiger partial charge in [-0.3, -0.25) is 9.59 Å². The van der Waals surface area contributed by atoms with E-state index in [9.17, 15) is 14.4 Å². The highest BCUT2D eigenvalue weighted by Crippen LogP contribution is 2.21. The minimum Gasteiger partial charge on any atom is -0.352 e. The van der Waals surface area contributed by atoms with Crippen molar-refractivity contribution in [3.8, 4) is 0 Å². The highest BCUT2D eigenvalue weighted by Gasteiger charge is 2.27. The number of hydroxylamine groups is 2. The Morgan fingerprint density at radius 3 is 2.63 bits per heavy atom. The van der Waals surface area contributed by atoms with Crippen molar-refractivity contribution in [2.45, 2.75) is 32.6 Å². The number of carbonyl (C=O) groups excluding carboxylic acids is 3. The average molecular weight is 266 g/mol. The molecule has 6 nitrogen and oxygen atoms in total. The van der Waals surface area contributed by atoms with Gasteiger partial charge in [0.1, 0.15) is 0 Å². The first-order valence-corrected chi connectivity index (χ1v) is 6.07. The van der Waals surface area contributed by atoms with Crippen LogP contribution in [0, 0.1) is 0 Å². The molecule has 1 fully saturated rings. The molecule has 0 aromatic carbocycles. The van der Waals surface area contributed by atoms with Gasteiger partial charge < -0.3 is 10.2 Å². The lowest BCUT2D eigenvalue weighted by molar-refractivity contribution is -0.186. The predicted molar refractivity (Wildman–Crippen MR) is 68.4 cm³/mol. The summed E-state index contributed by atoms with van der Waals surface area (Å²) in [6, 6.07) is 0. The third-order valence-corrected chi connectivity index (χ3v) is 2.57. The number of nitrogens with one attached hydrogen (secondary N) is 1. The van der Waals surface area contributed by atoms with Crippen LogP contribution in [0.15, 0.2) is 24.4 Å². The van der Waals surface area contributed by atoms with E-state index in [1.165, 1.54) is 0 Å². The van der Waals surface area contributed by atoms with Gasteiger partial charge >= 0.3 is 5.97 Å². The van der Waals surface area contributed by atoms with E-state index in [-0.39, 0.29) is 18.2 Å². The third kappa shape index (κ3) is 4.57. The molecule has 104 valence electrons. The summed E-state index contributed by atoms with van der Waals surface area (Å²) in [5.74, 6) is -1.01. The van der Waals surface area contributed by atoms with Gasteiger partial charge in [-0.05, 0) is 19.8 Å². The Balaban J connectivity index is 2.21. The number of nitrogens with zero attached hydrogens (tertiary/aromatic N) is 1. The summed E-state index contributed by atoms with van der Waals surface area (Å²) >= 11 is 0. The summed E-state index contributed by atoms with van der Waals surface area (Å²) < 4.78 is 0. The molecule has 0 aromatic heterocycles. The van der Waals surface area contributed by atoms with E-state index < -0.39 is 5.97 Å². The van der Waals surface area contributed by atoms with Crippen LogP contribution in [0.5, 0.6) is 0 Å². The second-order valence-corrected chi connectivity index (χ2v) is 4.36. The molecule has 1 saturated heterocycles. The first-order chi connectivity index (χ1) is 8.91. The predicted octanol–water partition coefficient (Wildman–Crippen LogP) is 1.05. The molecule has 0 spiro atoms. The summed E-state index contributed by atoms with van der Waals surface area (Å²) in [5.41, 5.74) is 0.912. The van der Waals surface area contributed by atoms with E-state index in [0.717, 1.165) is 5.06 Å². The number of allylic oxidation sites excluding steroid dienone is 1. The Labute approximate surface area is 112 Å². The minimum absolute atomic E-state index is 0.119. The SMILES string of the molecule is C=C(C)C(=O)NCCCC(=O)ON1C(=C)CCC1=O. The number of carbonyl (C=O) groups is 3. The second kappa shape index (κ2) is 6.72. The van der Waals surface area contributed by atoms with Gasteiger partial charge in [-0.15, -0.1) is 5.06 Å². The second-order valence-electron chi connectivity index (χ2n) is 4.36. The van der Waals surface area contributed by atoms with Crippen LogP contribution in [-0.2, 0) is 19.2 Å². The Hall–Kier alpha value is -2.11. The lowest BCUT2D eigenvalue weighted by atomic mass is 10.3. The first-order valence-electron chi connectivity index (χ1n) is 6.07. The molecule has 1 heterocycles. The zero-order valence-electron chi connectivity index (χ0n) is 11.0. The van der Waals surface area contributed by atoms with Crippen LogP contribution in [0.25, 0.3) is 0 Å². The molecule has 19 heavy (non-hydrogen) atoms. The van der Waals surface area contributed by atoms with E-state index in [2.05, 4.69) is 18.5 Å². The monoisotopic (exact) mass is 266 g/mol. The van der Waals surface area contributed by atoms with E-state index >= 15 is 0 Å². The molecular formula is C13H18N2O4. The maximum absolute atomic E-state index is 11.5. The van der Waals surface area contributed by atoms with E-state index in [1.807, 2.05) is 0 Å². The van der Waals surface area contributed by atoms with Gasteiger partial charge in [0.2, 0.25) is 5.91 Å². The van der Waals surface area contributed by atoms with Gasteiger partial charge in [0.05, 0.1) is 5.70 Å². The van der Waals surface area contributed by atoms with E-state index in [1.54, 1.807) is 6.92 Å². The lowest BCUT2D eigenvalue weighted by Gasteiger charge is -2.15. The van der Waals surface area contributed by atoms with Crippen molar-refractivity contribution >= 4 is 17.8 Å². The third-order valence-electron chi connectivity index (χ3n) is 2.57. The van der Waals surface area contributed by atoms with Crippen molar-refractivity contribution in [2.24, 2.45) is 0 Å². The quantitative estimate of drug-likeness (QED) is 0.576. The van der Waals surface area contributed by atoms with Crippen molar-refractivity contribution in [3.05, 3.63) is 24.4 Å². The largest absolute Gasteiger partial charge is 0.352 e. The van der Waals surface area contributed by atoms with Crippen molar-refractivity contribution in [1.29, 1.82) is 0 Å². The molecule has 0 aliphatic carbocycles. The topological polar surface area (TPSA) is 75.7 Å². The summed E-state index contributed by atoms with van der Waals surface area (Å²) in [6.07, 6.45) is 1.39. The Bertz CT molecular complexity index is 412. The standard InChI is InChI=1S/C13H18N2O4/c1-9(2)13(18)14-8-4-5-12(17)19-15-10(3)6-7-11(15)16/h1,3-8H2,2H3,(H,14,18). The van der Waals surface area contributed by atoms with Crippen molar-refractivity contribution in [1.82, 2.24) is 10.4 Å². The van der Waals surface area contributed by atoms with Gasteiger partial charge in [0, 0.05) is 25.0 Å². The number of hydrogen-bond acceptors (Lipinski definition) is 4. The van der Waals surface area contributed by atoms with Crippen molar-refractivity contribution < 1.29 is 19.2 Å². The van der Waals surface area contributed by atoms with Crippen LogP contribution in [0.1, 0.15) is 32.6 Å². The normalized spacial score (nSPS) is 14.5. The van der Waals surface area contributed by atoms with Crippen LogP contribution in [0.4, 0.5) is 0 Å². The lowest BCUT2D eigenvalue weighted by Crippen LogP contribution is -2.28. The Morgan fingerprint density at radius 1 is 1.42 bits per heavy atom. The van der Waals surface area contributed by atoms with Gasteiger partial charge in [0.25, 0.3) is 5.91 Å². The van der Waals surface area contributed by atoms with Crippen LogP contribution in [0.3, 0.4) is 0 Å². The Morgan fingerprint density at radius 2 is 2.11 bits per heavy atom. The highest BCUT2D eigenvalue weighted by atomic mass is 16.7. The smallest absolute Gasteiger partial charge is 0.333 e. The first kappa shape index (κ1) is 14.9. The van der Waals surface area contributed by atoms with Gasteiger partial charge in [-0.2, -0.15) is 0 Å². The molecular weight excluding hydrogens is 248 g/mol. The molecule has 0 aromatic rings. The summed E-state index contributed by atoms with van der Waals surface area (Å²) in [6.45, 7) is 9.10. The van der Waals surface area contributed by atoms with Crippen LogP contribution >= 0.6 is 0 Å². The molecule has 0 radical (unpaired) electrons. The molecule has 1 aliphatic rings. The van der Waals surface area contributed by atoms with Crippen molar-refractivity contribution in [2.75, 3.05) is 6.54 Å². The average Bonchev–Trinajstić information content (AvgIpc) is 2.66. The number of hydrogen-bond donors (Lipinski definition) is 1. The molecule has 1 N–H and O–H groups in total. The minimum atomic E-state index is -0.513. The molecule has 1 rings (SSSR count). The number of amides is 2. The fourth-order valence-corrected chi connectivity index (χ4v) is 1.48. The van der Waals surface area contributed by atoms with Crippen LogP contribution in [0.2, 0.25) is 0 Å². The number of rotatable bonds is 6. The van der Waals surface area contributed by atoms with Crippen LogP contribution in [-0.4, -0.2) is 29.4 Å². The van der Waals surface area contributed by atoms with Crippen LogP contribution < -0.4 is 5.32 Å². The maximum atomic E-state index is 11.5. The molecule has 0 atom stereocenters. The van der Waals surface area contributed by atoms with Gasteiger partial charge in [-0.1, -0.05) is 13.2 Å². The molecule has 6 heteroatoms. The summed E-state index contributed by atoms with van der Waals surface area (Å²) in [5, 5.41) is 3.56. The molecule has 1 aliphatic heterocycles. The molecule has 2 amide bonds. The van der Waals surface area contributed by atoms with E-state index in [4.69, 9.17) is 4.84 Å². The summed E-state index contributed by atoms with van der Waals surface area (Å²) in [7, 11) is 0. The molecule has 0 saturated carbocycles. The fraction of sp³-hybridized carbons (Fsp3) is 0.462. The van der Waals surface area contributed by atoms with Gasteiger partial charge in [0.15, 0.2) is 0 Å². The Kier molecular flexibility index (Phi) is 5.29. The fourth-order valence-electron chi connectivity index (χ4n) is 1.48. The van der Waals surface area contributed by atoms with E-state index in [0.29, 0.717) is 37.1 Å². The maximum Gasteiger partial charge on any atom is 0.333 e. The summed E-state index contributed by atoms with van der Waals surface area (Å²) in [4.78, 5) is 38.9. The molecule has 0 unspecified atom stereocenters. The zero-order chi connectivity index (χ0) is 14.4. The zero-order valence-corrected chi connectivity index (χ0v) is 11.0. The van der Waals surface area contributed by atoms with Crippen molar-refractivity contribution in [3.63, 3.8) is 0 Å².